The zero-order chi connectivity index (χ0) is 13.3. The smallest absolute Gasteiger partial charge is 0.322 e. The Hall–Kier alpha value is -2.04. The van der Waals surface area contributed by atoms with Gasteiger partial charge in [-0.15, -0.1) is 0 Å². The van der Waals surface area contributed by atoms with Gasteiger partial charge in [-0.2, -0.15) is 0 Å². The monoisotopic (exact) mass is 248 g/mol. The van der Waals surface area contributed by atoms with Gasteiger partial charge in [0.1, 0.15) is 0 Å². The van der Waals surface area contributed by atoms with E-state index in [9.17, 15) is 9.59 Å². The number of nitrogens with zero attached hydrogens (tertiary/aromatic N) is 1. The maximum Gasteiger partial charge on any atom is 0.322 e. The molecule has 1 saturated heterocycles. The summed E-state index contributed by atoms with van der Waals surface area (Å²) in [5, 5.41) is 11.6. The topological polar surface area (TPSA) is 69.6 Å². The number of nitrogens with one attached hydrogen (secondary N) is 1. The Morgan fingerprint density at radius 1 is 1.50 bits per heavy atom. The van der Waals surface area contributed by atoms with Crippen molar-refractivity contribution in [2.75, 3.05) is 11.4 Å². The molecule has 0 aliphatic carbocycles. The summed E-state index contributed by atoms with van der Waals surface area (Å²) in [6, 6.07) is 5.15. The number of amides is 2. The molecule has 1 fully saturated rings. The summed E-state index contributed by atoms with van der Waals surface area (Å²) in [5.41, 5.74) is 2.88. The van der Waals surface area contributed by atoms with Crippen molar-refractivity contribution in [3.05, 3.63) is 29.3 Å². The summed E-state index contributed by atoms with van der Waals surface area (Å²) >= 11 is 0. The van der Waals surface area contributed by atoms with Crippen molar-refractivity contribution in [1.29, 1.82) is 0 Å². The van der Waals surface area contributed by atoms with Crippen molar-refractivity contribution in [1.82, 2.24) is 5.32 Å². The number of carboxylic acid groups (broad SMARTS) is 1. The first-order chi connectivity index (χ1) is 8.50. The normalized spacial score (nSPS) is 18.9. The number of urea groups is 1. The van der Waals surface area contributed by atoms with Crippen molar-refractivity contribution < 1.29 is 14.7 Å². The molecule has 0 radical (unpaired) electrons. The van der Waals surface area contributed by atoms with Crippen LogP contribution in [0.25, 0.3) is 0 Å². The molecule has 1 atom stereocenters. The van der Waals surface area contributed by atoms with Gasteiger partial charge in [-0.05, 0) is 31.0 Å². The average molecular weight is 248 g/mol. The molecule has 2 amide bonds. The number of carbonyl (C=O) groups is 2. The Bertz CT molecular complexity index is 499. The summed E-state index contributed by atoms with van der Waals surface area (Å²) in [4.78, 5) is 24.2. The lowest BCUT2D eigenvalue weighted by Crippen LogP contribution is -2.36. The van der Waals surface area contributed by atoms with Gasteiger partial charge in [-0.3, -0.25) is 9.69 Å². The molecular weight excluding hydrogens is 232 g/mol. The zero-order valence-corrected chi connectivity index (χ0v) is 10.4. The highest BCUT2D eigenvalue weighted by Gasteiger charge is 2.34. The van der Waals surface area contributed by atoms with E-state index in [1.807, 2.05) is 32.0 Å². The molecule has 0 aromatic heterocycles. The second-order valence-corrected chi connectivity index (χ2v) is 4.53. The van der Waals surface area contributed by atoms with Gasteiger partial charge < -0.3 is 10.4 Å². The van der Waals surface area contributed by atoms with Gasteiger partial charge in [0.25, 0.3) is 0 Å². The van der Waals surface area contributed by atoms with Crippen molar-refractivity contribution in [3.8, 4) is 0 Å². The Morgan fingerprint density at radius 2 is 2.22 bits per heavy atom. The summed E-state index contributed by atoms with van der Waals surface area (Å²) in [6.07, 6.45) is -0.0495. The second kappa shape index (κ2) is 4.68. The molecule has 2 rings (SSSR count). The van der Waals surface area contributed by atoms with Gasteiger partial charge in [-0.25, -0.2) is 4.79 Å². The van der Waals surface area contributed by atoms with Gasteiger partial charge in [0.15, 0.2) is 0 Å². The number of hydrogen-bond acceptors (Lipinski definition) is 2. The predicted octanol–water partition coefficient (Wildman–Crippen LogP) is 1.68. The number of carboxylic acids is 1. The molecule has 1 heterocycles. The zero-order valence-electron chi connectivity index (χ0n) is 10.4. The van der Waals surface area contributed by atoms with Crippen molar-refractivity contribution in [2.24, 2.45) is 0 Å². The van der Waals surface area contributed by atoms with Crippen molar-refractivity contribution in [3.63, 3.8) is 0 Å². The van der Waals surface area contributed by atoms with Crippen LogP contribution in [0.3, 0.4) is 0 Å². The van der Waals surface area contributed by atoms with Crippen LogP contribution >= 0.6 is 0 Å². The maximum absolute atomic E-state index is 11.9. The Morgan fingerprint density at radius 3 is 2.89 bits per heavy atom. The van der Waals surface area contributed by atoms with E-state index in [4.69, 9.17) is 5.11 Å². The van der Waals surface area contributed by atoms with Crippen LogP contribution < -0.4 is 10.2 Å². The minimum atomic E-state index is -0.896. The lowest BCUT2D eigenvalue weighted by molar-refractivity contribution is -0.137. The molecule has 1 aliphatic heterocycles. The molecule has 18 heavy (non-hydrogen) atoms. The van der Waals surface area contributed by atoms with E-state index < -0.39 is 5.97 Å². The fraction of sp³-hybridized carbons (Fsp3) is 0.385. The van der Waals surface area contributed by atoms with Crippen LogP contribution in [0.1, 0.15) is 17.5 Å². The van der Waals surface area contributed by atoms with E-state index in [2.05, 4.69) is 5.32 Å². The largest absolute Gasteiger partial charge is 0.481 e. The minimum Gasteiger partial charge on any atom is -0.481 e. The first-order valence-electron chi connectivity index (χ1n) is 5.85. The number of hydrogen-bond donors (Lipinski definition) is 2. The lowest BCUT2D eigenvalue weighted by atomic mass is 10.1. The van der Waals surface area contributed by atoms with E-state index in [0.29, 0.717) is 6.54 Å². The van der Waals surface area contributed by atoms with Gasteiger partial charge in [0, 0.05) is 12.2 Å². The van der Waals surface area contributed by atoms with Crippen LogP contribution in [0.2, 0.25) is 0 Å². The van der Waals surface area contributed by atoms with E-state index >= 15 is 0 Å². The van der Waals surface area contributed by atoms with E-state index in [1.54, 1.807) is 4.90 Å². The molecule has 0 spiro atoms. The number of anilines is 1. The molecule has 2 N–H and O–H groups in total. The van der Waals surface area contributed by atoms with Gasteiger partial charge in [-0.1, -0.05) is 12.1 Å². The summed E-state index contributed by atoms with van der Waals surface area (Å²) < 4.78 is 0. The maximum atomic E-state index is 11.9. The van der Waals surface area contributed by atoms with Crippen LogP contribution in [0, 0.1) is 13.8 Å². The van der Waals surface area contributed by atoms with E-state index in [-0.39, 0.29) is 18.5 Å². The van der Waals surface area contributed by atoms with Gasteiger partial charge in [0.05, 0.1) is 12.5 Å². The fourth-order valence-electron chi connectivity index (χ4n) is 2.22. The molecule has 1 aromatic carbocycles. The van der Waals surface area contributed by atoms with Gasteiger partial charge >= 0.3 is 12.0 Å². The van der Waals surface area contributed by atoms with E-state index in [1.165, 1.54) is 0 Å². The highest BCUT2D eigenvalue weighted by molar-refractivity contribution is 5.96. The van der Waals surface area contributed by atoms with Crippen molar-refractivity contribution in [2.45, 2.75) is 26.3 Å². The molecule has 96 valence electrons. The number of aryl methyl sites for hydroxylation is 1. The Kier molecular flexibility index (Phi) is 3.23. The number of benzene rings is 1. The Labute approximate surface area is 105 Å². The van der Waals surface area contributed by atoms with Crippen LogP contribution in [-0.4, -0.2) is 29.7 Å². The van der Waals surface area contributed by atoms with Crippen molar-refractivity contribution >= 4 is 17.7 Å². The quantitative estimate of drug-likeness (QED) is 0.855. The summed E-state index contributed by atoms with van der Waals surface area (Å²) in [5.74, 6) is -0.896. The van der Waals surface area contributed by atoms with Gasteiger partial charge in [0.2, 0.25) is 0 Å². The molecule has 1 aromatic rings. The number of aliphatic carboxylic acids is 1. The molecule has 0 saturated carbocycles. The molecule has 5 nitrogen and oxygen atoms in total. The third kappa shape index (κ3) is 2.16. The number of rotatable bonds is 3. The van der Waals surface area contributed by atoms with E-state index in [0.717, 1.165) is 16.8 Å². The summed E-state index contributed by atoms with van der Waals surface area (Å²) in [7, 11) is 0. The molecule has 1 aliphatic rings. The van der Waals surface area contributed by atoms with Crippen LogP contribution in [-0.2, 0) is 4.79 Å². The number of carbonyl (C=O) groups excluding carboxylic acids is 1. The summed E-state index contributed by atoms with van der Waals surface area (Å²) in [6.45, 7) is 4.28. The first kappa shape index (κ1) is 12.4. The van der Waals surface area contributed by atoms with Crippen LogP contribution in [0.4, 0.5) is 10.5 Å². The Balaban J connectivity index is 2.36. The highest BCUT2D eigenvalue weighted by Crippen LogP contribution is 2.27. The molecule has 0 bridgehead atoms. The SMILES string of the molecule is Cc1cccc(N2C(=O)NCC2CC(=O)O)c1C. The van der Waals surface area contributed by atoms with Crippen LogP contribution in [0.15, 0.2) is 18.2 Å². The predicted molar refractivity (Wildman–Crippen MR) is 67.8 cm³/mol. The highest BCUT2D eigenvalue weighted by atomic mass is 16.4. The lowest BCUT2D eigenvalue weighted by Gasteiger charge is -2.24. The molecule has 5 heteroatoms. The third-order valence-corrected chi connectivity index (χ3v) is 3.32. The molecular formula is C13H16N2O3. The second-order valence-electron chi connectivity index (χ2n) is 4.53. The first-order valence-corrected chi connectivity index (χ1v) is 5.85. The fourth-order valence-corrected chi connectivity index (χ4v) is 2.22. The minimum absolute atomic E-state index is 0.0495. The standard InChI is InChI=1S/C13H16N2O3/c1-8-4-3-5-11(9(8)2)15-10(6-12(16)17)7-14-13(15)18/h3-5,10H,6-7H2,1-2H3,(H,14,18)(H,16,17). The molecule has 1 unspecified atom stereocenters. The third-order valence-electron chi connectivity index (χ3n) is 3.32. The average Bonchev–Trinajstić information content (AvgIpc) is 2.63. The van der Waals surface area contributed by atoms with Crippen LogP contribution in [0.5, 0.6) is 0 Å².